The van der Waals surface area contributed by atoms with E-state index in [9.17, 15) is 8.42 Å². The molecule has 1 atom stereocenters. The molecule has 0 radical (unpaired) electrons. The summed E-state index contributed by atoms with van der Waals surface area (Å²) in [7, 11) is -3.44. The normalized spacial score (nSPS) is 17.2. The van der Waals surface area contributed by atoms with Gasteiger partial charge in [-0.15, -0.1) is 0 Å². The van der Waals surface area contributed by atoms with Crippen molar-refractivity contribution < 1.29 is 8.42 Å². The van der Waals surface area contributed by atoms with Crippen LogP contribution >= 0.6 is 0 Å². The number of hydrogen-bond donors (Lipinski definition) is 2. The Kier molecular flexibility index (Phi) is 4.04. The molecular weight excluding hydrogens is 248 g/mol. The van der Waals surface area contributed by atoms with Gasteiger partial charge in [0.25, 0.3) is 0 Å². The van der Waals surface area contributed by atoms with Crippen LogP contribution in [0.2, 0.25) is 0 Å². The molecule has 0 heterocycles. The first-order valence-corrected chi connectivity index (χ1v) is 7.85. The van der Waals surface area contributed by atoms with Crippen LogP contribution in [-0.4, -0.2) is 21.0 Å². The molecule has 1 aromatic carbocycles. The molecule has 0 saturated carbocycles. The quantitative estimate of drug-likeness (QED) is 0.861. The van der Waals surface area contributed by atoms with Gasteiger partial charge in [0.2, 0.25) is 10.0 Å². The minimum atomic E-state index is -3.44. The Bertz CT molecular complexity index is 526. The average molecular weight is 268 g/mol. The maximum atomic E-state index is 12.1. The van der Waals surface area contributed by atoms with E-state index < -0.39 is 10.0 Å². The van der Waals surface area contributed by atoms with Gasteiger partial charge >= 0.3 is 0 Å². The van der Waals surface area contributed by atoms with E-state index in [1.165, 1.54) is 17.5 Å². The molecule has 3 N–H and O–H groups in total. The fraction of sp³-hybridized carbons (Fsp3) is 0.538. The van der Waals surface area contributed by atoms with Crippen molar-refractivity contribution in [2.45, 2.75) is 43.5 Å². The summed E-state index contributed by atoms with van der Waals surface area (Å²) < 4.78 is 26.8. The fourth-order valence-electron chi connectivity index (χ4n) is 2.26. The molecule has 0 aliphatic heterocycles. The van der Waals surface area contributed by atoms with E-state index in [4.69, 9.17) is 5.73 Å². The first-order chi connectivity index (χ1) is 8.53. The maximum absolute atomic E-state index is 12.1. The highest BCUT2D eigenvalue weighted by atomic mass is 32.2. The number of nitrogens with one attached hydrogen (secondary N) is 1. The molecule has 0 aromatic heterocycles. The predicted octanol–water partition coefficient (Wildman–Crippen LogP) is 1.19. The summed E-state index contributed by atoms with van der Waals surface area (Å²) in [5, 5.41) is 0. The number of fused-ring (bicyclic) bond motifs is 1. The smallest absolute Gasteiger partial charge is 0.240 e. The molecule has 0 saturated heterocycles. The van der Waals surface area contributed by atoms with Crippen LogP contribution < -0.4 is 10.5 Å². The maximum Gasteiger partial charge on any atom is 0.240 e. The first-order valence-electron chi connectivity index (χ1n) is 6.37. The third-order valence-corrected chi connectivity index (χ3v) is 4.93. The van der Waals surface area contributed by atoms with E-state index in [1.54, 1.807) is 19.1 Å². The number of nitrogens with two attached hydrogens (primary N) is 1. The third-order valence-electron chi connectivity index (χ3n) is 3.34. The zero-order chi connectivity index (χ0) is 13.2. The molecule has 0 bridgehead atoms. The highest BCUT2D eigenvalue weighted by Crippen LogP contribution is 2.24. The van der Waals surface area contributed by atoms with Crippen LogP contribution in [0.15, 0.2) is 23.1 Å². The molecule has 0 unspecified atom stereocenters. The van der Waals surface area contributed by atoms with E-state index in [0.29, 0.717) is 11.4 Å². The van der Waals surface area contributed by atoms with Crippen LogP contribution in [0.3, 0.4) is 0 Å². The molecule has 4 nitrogen and oxygen atoms in total. The summed E-state index contributed by atoms with van der Waals surface area (Å²) in [6.45, 7) is 2.06. The Morgan fingerprint density at radius 1 is 1.28 bits per heavy atom. The van der Waals surface area contributed by atoms with Crippen molar-refractivity contribution in [3.63, 3.8) is 0 Å². The number of hydrogen-bond acceptors (Lipinski definition) is 3. The molecule has 1 aliphatic carbocycles. The van der Waals surface area contributed by atoms with Gasteiger partial charge in [-0.05, 0) is 55.9 Å². The Morgan fingerprint density at radius 2 is 1.94 bits per heavy atom. The van der Waals surface area contributed by atoms with Gasteiger partial charge in [-0.2, -0.15) is 0 Å². The molecule has 18 heavy (non-hydrogen) atoms. The minimum absolute atomic E-state index is 0.244. The molecule has 100 valence electrons. The van der Waals surface area contributed by atoms with Crippen LogP contribution in [0, 0.1) is 0 Å². The van der Waals surface area contributed by atoms with E-state index in [2.05, 4.69) is 4.72 Å². The largest absolute Gasteiger partial charge is 0.329 e. The van der Waals surface area contributed by atoms with Crippen LogP contribution in [-0.2, 0) is 22.9 Å². The SMILES string of the molecule is C[C@@H](CN)NS(=O)(=O)c1ccc2c(c1)CCCC2. The van der Waals surface area contributed by atoms with Gasteiger partial charge in [-0.3, -0.25) is 0 Å². The molecule has 2 rings (SSSR count). The second kappa shape index (κ2) is 5.38. The summed E-state index contributed by atoms with van der Waals surface area (Å²) >= 11 is 0. The highest BCUT2D eigenvalue weighted by molar-refractivity contribution is 7.89. The Morgan fingerprint density at radius 3 is 2.61 bits per heavy atom. The van der Waals surface area contributed by atoms with E-state index in [0.717, 1.165) is 19.3 Å². The highest BCUT2D eigenvalue weighted by Gasteiger charge is 2.19. The zero-order valence-electron chi connectivity index (χ0n) is 10.6. The van der Waals surface area contributed by atoms with Gasteiger partial charge in [0.05, 0.1) is 4.90 Å². The molecule has 0 spiro atoms. The van der Waals surface area contributed by atoms with Gasteiger partial charge < -0.3 is 5.73 Å². The second-order valence-corrected chi connectivity index (χ2v) is 6.61. The summed E-state index contributed by atoms with van der Waals surface area (Å²) in [5.41, 5.74) is 7.90. The zero-order valence-corrected chi connectivity index (χ0v) is 11.5. The third kappa shape index (κ3) is 2.91. The fourth-order valence-corrected chi connectivity index (χ4v) is 3.56. The molecule has 5 heteroatoms. The Balaban J connectivity index is 2.28. The second-order valence-electron chi connectivity index (χ2n) is 4.90. The van der Waals surface area contributed by atoms with Crippen LogP contribution in [0.25, 0.3) is 0 Å². The lowest BCUT2D eigenvalue weighted by atomic mass is 9.92. The van der Waals surface area contributed by atoms with Crippen LogP contribution in [0.1, 0.15) is 30.9 Å². The number of benzene rings is 1. The number of aryl methyl sites for hydroxylation is 2. The van der Waals surface area contributed by atoms with Crippen molar-refractivity contribution in [2.75, 3.05) is 6.54 Å². The van der Waals surface area contributed by atoms with Crippen molar-refractivity contribution in [3.05, 3.63) is 29.3 Å². The molecular formula is C13H20N2O2S. The van der Waals surface area contributed by atoms with Crippen LogP contribution in [0.4, 0.5) is 0 Å². The molecule has 1 aromatic rings. The monoisotopic (exact) mass is 268 g/mol. The van der Waals surface area contributed by atoms with Crippen LogP contribution in [0.5, 0.6) is 0 Å². The van der Waals surface area contributed by atoms with Crippen molar-refractivity contribution >= 4 is 10.0 Å². The van der Waals surface area contributed by atoms with Gasteiger partial charge in [0.1, 0.15) is 0 Å². The average Bonchev–Trinajstić information content (AvgIpc) is 2.37. The standard InChI is InChI=1S/C13H20N2O2S/c1-10(9-14)15-18(16,17)13-7-6-11-4-2-3-5-12(11)8-13/h6-8,10,15H,2-5,9,14H2,1H3/t10-/m0/s1. The Labute approximate surface area is 109 Å². The topological polar surface area (TPSA) is 72.2 Å². The summed E-state index contributed by atoms with van der Waals surface area (Å²) in [6, 6.07) is 5.19. The van der Waals surface area contributed by atoms with Crippen molar-refractivity contribution in [3.8, 4) is 0 Å². The summed E-state index contributed by atoms with van der Waals surface area (Å²) in [6.07, 6.45) is 4.37. The van der Waals surface area contributed by atoms with Gasteiger partial charge in [0, 0.05) is 12.6 Å². The van der Waals surface area contributed by atoms with Crippen molar-refractivity contribution in [2.24, 2.45) is 5.73 Å². The predicted molar refractivity (Wildman–Crippen MR) is 71.9 cm³/mol. The van der Waals surface area contributed by atoms with E-state index in [1.807, 2.05) is 6.07 Å². The Hall–Kier alpha value is -0.910. The first kappa shape index (κ1) is 13.5. The van der Waals surface area contributed by atoms with Gasteiger partial charge in [-0.25, -0.2) is 13.1 Å². The lowest BCUT2D eigenvalue weighted by molar-refractivity contribution is 0.562. The number of sulfonamides is 1. The van der Waals surface area contributed by atoms with Gasteiger partial charge in [-0.1, -0.05) is 6.07 Å². The van der Waals surface area contributed by atoms with Crippen molar-refractivity contribution in [1.82, 2.24) is 4.72 Å². The summed E-state index contributed by atoms with van der Waals surface area (Å²) in [5.74, 6) is 0. The number of rotatable bonds is 4. The minimum Gasteiger partial charge on any atom is -0.329 e. The van der Waals surface area contributed by atoms with Crippen molar-refractivity contribution in [1.29, 1.82) is 0 Å². The summed E-state index contributed by atoms with van der Waals surface area (Å²) in [4.78, 5) is 0.350. The molecule has 0 fully saturated rings. The molecule has 1 aliphatic rings. The lowest BCUT2D eigenvalue weighted by Crippen LogP contribution is -2.37. The lowest BCUT2D eigenvalue weighted by Gasteiger charge is -2.17. The van der Waals surface area contributed by atoms with E-state index >= 15 is 0 Å². The van der Waals surface area contributed by atoms with Gasteiger partial charge in [0.15, 0.2) is 0 Å². The molecule has 0 amide bonds. The van der Waals surface area contributed by atoms with E-state index in [-0.39, 0.29) is 6.04 Å².